The standard InChI is InChI=1S/C10H13NO3.ClH/c1-2-3-7(11)6-4-5-8(12)10(14)9(6)13;/h2,4-5,7,12-14H,1,3,11H2;1H/t7-;/m0./s1. The first-order valence-corrected chi connectivity index (χ1v) is 4.18. The molecule has 0 amide bonds. The van der Waals surface area contributed by atoms with Crippen LogP contribution in [0, 0.1) is 0 Å². The van der Waals surface area contributed by atoms with E-state index in [0.717, 1.165) is 0 Å². The molecule has 5 N–H and O–H groups in total. The predicted molar refractivity (Wildman–Crippen MR) is 60.4 cm³/mol. The van der Waals surface area contributed by atoms with Crippen LogP contribution in [0.4, 0.5) is 0 Å². The van der Waals surface area contributed by atoms with Gasteiger partial charge in [-0.3, -0.25) is 0 Å². The first-order chi connectivity index (χ1) is 6.57. The zero-order chi connectivity index (χ0) is 10.7. The molecule has 0 heterocycles. The largest absolute Gasteiger partial charge is 0.504 e. The van der Waals surface area contributed by atoms with Gasteiger partial charge in [-0.2, -0.15) is 0 Å². The summed E-state index contributed by atoms with van der Waals surface area (Å²) in [6.07, 6.45) is 2.10. The van der Waals surface area contributed by atoms with Crippen molar-refractivity contribution in [3.8, 4) is 17.2 Å². The van der Waals surface area contributed by atoms with Crippen molar-refractivity contribution in [2.24, 2.45) is 5.73 Å². The molecular formula is C10H14ClNO3. The normalized spacial score (nSPS) is 11.5. The second-order valence-corrected chi connectivity index (χ2v) is 3.00. The van der Waals surface area contributed by atoms with Gasteiger partial charge in [-0.05, 0) is 18.6 Å². The predicted octanol–water partition coefficient (Wildman–Crippen LogP) is 1.80. The molecule has 0 saturated carbocycles. The van der Waals surface area contributed by atoms with Gasteiger partial charge in [0.1, 0.15) is 0 Å². The van der Waals surface area contributed by atoms with Gasteiger partial charge in [-0.25, -0.2) is 0 Å². The second-order valence-electron chi connectivity index (χ2n) is 3.00. The van der Waals surface area contributed by atoms with Crippen LogP contribution in [0.3, 0.4) is 0 Å². The van der Waals surface area contributed by atoms with E-state index in [9.17, 15) is 10.2 Å². The summed E-state index contributed by atoms with van der Waals surface area (Å²) >= 11 is 0. The number of phenols is 3. The van der Waals surface area contributed by atoms with Gasteiger partial charge in [0.2, 0.25) is 5.75 Å². The Morgan fingerprint density at radius 3 is 2.40 bits per heavy atom. The summed E-state index contributed by atoms with van der Waals surface area (Å²) in [5.41, 5.74) is 6.09. The fourth-order valence-electron chi connectivity index (χ4n) is 1.19. The molecule has 0 spiro atoms. The van der Waals surface area contributed by atoms with Crippen LogP contribution in [0.1, 0.15) is 18.0 Å². The summed E-state index contributed by atoms with van der Waals surface area (Å²) in [6, 6.07) is 2.32. The van der Waals surface area contributed by atoms with Crippen molar-refractivity contribution in [3.63, 3.8) is 0 Å². The molecule has 84 valence electrons. The molecule has 4 nitrogen and oxygen atoms in total. The molecule has 1 rings (SSSR count). The van der Waals surface area contributed by atoms with Gasteiger partial charge in [0.05, 0.1) is 0 Å². The summed E-state index contributed by atoms with van der Waals surface area (Å²) in [5, 5.41) is 27.7. The van der Waals surface area contributed by atoms with Gasteiger partial charge >= 0.3 is 0 Å². The number of aromatic hydroxyl groups is 3. The lowest BCUT2D eigenvalue weighted by atomic mass is 10.0. The molecule has 0 bridgehead atoms. The third-order valence-corrected chi connectivity index (χ3v) is 1.98. The Hall–Kier alpha value is -1.39. The first-order valence-electron chi connectivity index (χ1n) is 4.18. The Bertz CT molecular complexity index is 355. The maximum absolute atomic E-state index is 9.45. The number of hydrogen-bond acceptors (Lipinski definition) is 4. The van der Waals surface area contributed by atoms with Crippen LogP contribution in [0.5, 0.6) is 17.2 Å². The summed E-state index contributed by atoms with van der Waals surface area (Å²) in [5.74, 6) is -1.28. The van der Waals surface area contributed by atoms with E-state index in [-0.39, 0.29) is 23.9 Å². The SMILES string of the molecule is C=CC[C@H](N)c1ccc(O)c(O)c1O.Cl. The van der Waals surface area contributed by atoms with E-state index in [1.807, 2.05) is 0 Å². The molecule has 15 heavy (non-hydrogen) atoms. The Kier molecular flexibility index (Phi) is 4.97. The van der Waals surface area contributed by atoms with E-state index in [1.54, 1.807) is 6.08 Å². The van der Waals surface area contributed by atoms with Crippen molar-refractivity contribution in [3.05, 3.63) is 30.4 Å². The molecule has 1 atom stereocenters. The van der Waals surface area contributed by atoms with Gasteiger partial charge in [0.25, 0.3) is 0 Å². The molecule has 0 aromatic heterocycles. The van der Waals surface area contributed by atoms with E-state index in [4.69, 9.17) is 10.8 Å². The molecule has 0 aliphatic rings. The summed E-state index contributed by atoms with van der Waals surface area (Å²) in [7, 11) is 0. The summed E-state index contributed by atoms with van der Waals surface area (Å²) < 4.78 is 0. The molecule has 1 aromatic rings. The van der Waals surface area contributed by atoms with E-state index >= 15 is 0 Å². The number of phenolic OH excluding ortho intramolecular Hbond substituents is 3. The highest BCUT2D eigenvalue weighted by molar-refractivity contribution is 5.85. The lowest BCUT2D eigenvalue weighted by Crippen LogP contribution is -2.09. The lowest BCUT2D eigenvalue weighted by molar-refractivity contribution is 0.363. The zero-order valence-electron chi connectivity index (χ0n) is 8.05. The molecule has 1 aromatic carbocycles. The van der Waals surface area contributed by atoms with E-state index in [1.165, 1.54) is 12.1 Å². The number of nitrogens with two attached hydrogens (primary N) is 1. The van der Waals surface area contributed by atoms with Crippen LogP contribution in [0.15, 0.2) is 24.8 Å². The number of rotatable bonds is 3. The highest BCUT2D eigenvalue weighted by atomic mass is 35.5. The van der Waals surface area contributed by atoms with Gasteiger partial charge in [-0.15, -0.1) is 19.0 Å². The monoisotopic (exact) mass is 231 g/mol. The Balaban J connectivity index is 0.00000196. The fourth-order valence-corrected chi connectivity index (χ4v) is 1.19. The number of halogens is 1. The lowest BCUT2D eigenvalue weighted by Gasteiger charge is -2.12. The molecule has 5 heteroatoms. The van der Waals surface area contributed by atoms with Gasteiger partial charge in [0, 0.05) is 11.6 Å². The van der Waals surface area contributed by atoms with Crippen LogP contribution in [0.2, 0.25) is 0 Å². The molecule has 0 fully saturated rings. The highest BCUT2D eigenvalue weighted by Gasteiger charge is 2.15. The van der Waals surface area contributed by atoms with Crippen LogP contribution < -0.4 is 5.73 Å². The molecule has 0 aliphatic heterocycles. The van der Waals surface area contributed by atoms with Crippen LogP contribution in [-0.4, -0.2) is 15.3 Å². The van der Waals surface area contributed by atoms with Crippen LogP contribution in [0.25, 0.3) is 0 Å². The Morgan fingerprint density at radius 1 is 1.27 bits per heavy atom. The van der Waals surface area contributed by atoms with Gasteiger partial charge < -0.3 is 21.1 Å². The smallest absolute Gasteiger partial charge is 0.200 e. The Labute approximate surface area is 94.1 Å². The minimum absolute atomic E-state index is 0. The second kappa shape index (κ2) is 5.48. The van der Waals surface area contributed by atoms with Crippen molar-refractivity contribution in [2.75, 3.05) is 0 Å². The number of hydrogen-bond donors (Lipinski definition) is 4. The van der Waals surface area contributed by atoms with Crippen molar-refractivity contribution >= 4 is 12.4 Å². The van der Waals surface area contributed by atoms with Gasteiger partial charge in [0.15, 0.2) is 11.5 Å². The zero-order valence-corrected chi connectivity index (χ0v) is 8.87. The van der Waals surface area contributed by atoms with Gasteiger partial charge in [-0.1, -0.05) is 6.08 Å². The average Bonchev–Trinajstić information content (AvgIpc) is 2.15. The first kappa shape index (κ1) is 13.6. The molecule has 0 saturated heterocycles. The van der Waals surface area contributed by atoms with Crippen molar-refractivity contribution in [2.45, 2.75) is 12.5 Å². The molecular weight excluding hydrogens is 218 g/mol. The van der Waals surface area contributed by atoms with Crippen molar-refractivity contribution in [1.82, 2.24) is 0 Å². The molecule has 0 radical (unpaired) electrons. The average molecular weight is 232 g/mol. The third kappa shape index (κ3) is 2.78. The topological polar surface area (TPSA) is 86.7 Å². The summed E-state index contributed by atoms with van der Waals surface area (Å²) in [4.78, 5) is 0. The van der Waals surface area contributed by atoms with Crippen molar-refractivity contribution in [1.29, 1.82) is 0 Å². The third-order valence-electron chi connectivity index (χ3n) is 1.98. The van der Waals surface area contributed by atoms with Crippen LogP contribution >= 0.6 is 12.4 Å². The fraction of sp³-hybridized carbons (Fsp3) is 0.200. The maximum atomic E-state index is 9.45. The van der Waals surface area contributed by atoms with Crippen molar-refractivity contribution < 1.29 is 15.3 Å². The Morgan fingerprint density at radius 2 is 1.87 bits per heavy atom. The minimum atomic E-state index is -0.540. The quantitative estimate of drug-likeness (QED) is 0.472. The molecule has 0 aliphatic carbocycles. The number of benzene rings is 1. The maximum Gasteiger partial charge on any atom is 0.200 e. The van der Waals surface area contributed by atoms with E-state index in [0.29, 0.717) is 12.0 Å². The van der Waals surface area contributed by atoms with E-state index < -0.39 is 11.8 Å². The van der Waals surface area contributed by atoms with Crippen LogP contribution in [-0.2, 0) is 0 Å². The minimum Gasteiger partial charge on any atom is -0.504 e. The molecule has 0 unspecified atom stereocenters. The summed E-state index contributed by atoms with van der Waals surface area (Å²) in [6.45, 7) is 3.52. The highest BCUT2D eigenvalue weighted by Crippen LogP contribution is 2.39. The van der Waals surface area contributed by atoms with E-state index in [2.05, 4.69) is 6.58 Å².